The number of aryl methyl sites for hydroxylation is 1. The predicted octanol–water partition coefficient (Wildman–Crippen LogP) is 4.50. The topological polar surface area (TPSA) is 38.9 Å². The minimum atomic E-state index is -0.489. The van der Waals surface area contributed by atoms with E-state index in [-0.39, 0.29) is 11.5 Å². The molecule has 0 amide bonds. The lowest BCUT2D eigenvalue weighted by atomic mass is 10.1. The molecule has 5 heteroatoms. The van der Waals surface area contributed by atoms with E-state index >= 15 is 0 Å². The monoisotopic (exact) mass is 288 g/mol. The Labute approximate surface area is 120 Å². The van der Waals surface area contributed by atoms with Crippen molar-refractivity contribution >= 4 is 11.6 Å². The Hall–Kier alpha value is -2.20. The van der Waals surface area contributed by atoms with Crippen LogP contribution in [0.15, 0.2) is 47.0 Å². The van der Waals surface area contributed by atoms with Crippen LogP contribution in [-0.2, 0) is 0 Å². The summed E-state index contributed by atoms with van der Waals surface area (Å²) < 4.78 is 18.9. The summed E-state index contributed by atoms with van der Waals surface area (Å²) in [5, 5.41) is 4.21. The fourth-order valence-electron chi connectivity index (χ4n) is 1.90. The maximum Gasteiger partial charge on any atom is 0.261 e. The first-order valence-electron chi connectivity index (χ1n) is 5.99. The molecule has 3 rings (SSSR count). The molecule has 0 aliphatic rings. The van der Waals surface area contributed by atoms with E-state index in [1.54, 1.807) is 6.07 Å². The van der Waals surface area contributed by atoms with Gasteiger partial charge in [-0.15, -0.1) is 0 Å². The summed E-state index contributed by atoms with van der Waals surface area (Å²) in [6.07, 6.45) is 0. The van der Waals surface area contributed by atoms with Crippen molar-refractivity contribution in [3.05, 3.63) is 58.9 Å². The third-order valence-corrected chi connectivity index (χ3v) is 3.10. The number of hydrogen-bond acceptors (Lipinski definition) is 3. The number of aromatic nitrogens is 2. The molecule has 3 nitrogen and oxygen atoms in total. The summed E-state index contributed by atoms with van der Waals surface area (Å²) in [6.45, 7) is 1.98. The fourth-order valence-corrected chi connectivity index (χ4v) is 2.06. The average Bonchev–Trinajstić information content (AvgIpc) is 2.88. The van der Waals surface area contributed by atoms with Crippen LogP contribution in [0.1, 0.15) is 5.56 Å². The number of nitrogens with zero attached hydrogens (tertiary/aromatic N) is 2. The van der Waals surface area contributed by atoms with Crippen molar-refractivity contribution in [2.45, 2.75) is 6.92 Å². The number of benzene rings is 2. The van der Waals surface area contributed by atoms with E-state index in [4.69, 9.17) is 16.1 Å². The van der Waals surface area contributed by atoms with Gasteiger partial charge in [0, 0.05) is 10.6 Å². The summed E-state index contributed by atoms with van der Waals surface area (Å²) >= 11 is 5.72. The fraction of sp³-hybridized carbons (Fsp3) is 0.0667. The van der Waals surface area contributed by atoms with Crippen molar-refractivity contribution < 1.29 is 8.91 Å². The zero-order chi connectivity index (χ0) is 14.1. The lowest BCUT2D eigenvalue weighted by Gasteiger charge is -1.97. The second-order valence-corrected chi connectivity index (χ2v) is 4.85. The molecule has 0 aliphatic carbocycles. The highest BCUT2D eigenvalue weighted by Crippen LogP contribution is 2.26. The van der Waals surface area contributed by atoms with Crippen molar-refractivity contribution in [2.75, 3.05) is 0 Å². The Morgan fingerprint density at radius 2 is 2.00 bits per heavy atom. The largest absolute Gasteiger partial charge is 0.334 e. The smallest absolute Gasteiger partial charge is 0.261 e. The Bertz CT molecular complexity index is 770. The zero-order valence-corrected chi connectivity index (χ0v) is 11.4. The second kappa shape index (κ2) is 5.06. The normalized spacial score (nSPS) is 10.8. The highest BCUT2D eigenvalue weighted by Gasteiger charge is 2.14. The van der Waals surface area contributed by atoms with Gasteiger partial charge in [0.25, 0.3) is 5.89 Å². The van der Waals surface area contributed by atoms with Crippen LogP contribution >= 0.6 is 11.6 Å². The average molecular weight is 289 g/mol. The van der Waals surface area contributed by atoms with Crippen LogP contribution in [-0.4, -0.2) is 10.1 Å². The lowest BCUT2D eigenvalue weighted by molar-refractivity contribution is 0.429. The van der Waals surface area contributed by atoms with Gasteiger partial charge in [-0.05, 0) is 31.2 Å². The van der Waals surface area contributed by atoms with Crippen LogP contribution in [0, 0.1) is 12.7 Å². The molecule has 1 heterocycles. The van der Waals surface area contributed by atoms with Gasteiger partial charge in [0.05, 0.1) is 5.56 Å². The first-order chi connectivity index (χ1) is 9.63. The van der Waals surface area contributed by atoms with Gasteiger partial charge in [-0.25, -0.2) is 4.39 Å². The molecule has 3 aromatic rings. The van der Waals surface area contributed by atoms with Crippen molar-refractivity contribution in [1.82, 2.24) is 10.1 Å². The molecule has 0 N–H and O–H groups in total. The first-order valence-corrected chi connectivity index (χ1v) is 6.37. The molecule has 0 saturated carbocycles. The van der Waals surface area contributed by atoms with Gasteiger partial charge in [0.1, 0.15) is 5.82 Å². The molecule has 0 fully saturated rings. The molecule has 0 spiro atoms. The van der Waals surface area contributed by atoms with Gasteiger partial charge in [-0.3, -0.25) is 0 Å². The van der Waals surface area contributed by atoms with E-state index < -0.39 is 5.82 Å². The third-order valence-electron chi connectivity index (χ3n) is 2.86. The summed E-state index contributed by atoms with van der Waals surface area (Å²) in [5.74, 6) is 0.0747. The highest BCUT2D eigenvalue weighted by atomic mass is 35.5. The highest BCUT2D eigenvalue weighted by molar-refractivity contribution is 6.30. The Morgan fingerprint density at radius 1 is 1.15 bits per heavy atom. The lowest BCUT2D eigenvalue weighted by Crippen LogP contribution is -1.85. The van der Waals surface area contributed by atoms with E-state index in [1.807, 2.05) is 31.2 Å². The minimum absolute atomic E-state index is 0.135. The van der Waals surface area contributed by atoms with Crippen molar-refractivity contribution in [2.24, 2.45) is 0 Å². The van der Waals surface area contributed by atoms with Crippen LogP contribution in [0.2, 0.25) is 5.02 Å². The summed E-state index contributed by atoms with van der Waals surface area (Å²) in [6, 6.07) is 12.0. The molecule has 0 aliphatic heterocycles. The number of hydrogen-bond donors (Lipinski definition) is 0. The standard InChI is InChI=1S/C15H10ClFN2O/c1-9-3-2-4-10(7-9)14-18-15(20-19-14)12-6-5-11(16)8-13(12)17/h2-8H,1H3. The predicted molar refractivity (Wildman–Crippen MR) is 74.9 cm³/mol. The van der Waals surface area contributed by atoms with E-state index in [1.165, 1.54) is 12.1 Å². The van der Waals surface area contributed by atoms with Crippen molar-refractivity contribution in [1.29, 1.82) is 0 Å². The Balaban J connectivity index is 2.02. The Kier molecular flexibility index (Phi) is 3.24. The summed E-state index contributed by atoms with van der Waals surface area (Å²) in [7, 11) is 0. The van der Waals surface area contributed by atoms with Gasteiger partial charge in [-0.1, -0.05) is 40.5 Å². The van der Waals surface area contributed by atoms with Crippen LogP contribution in [0.4, 0.5) is 4.39 Å². The molecular weight excluding hydrogens is 279 g/mol. The number of rotatable bonds is 2. The van der Waals surface area contributed by atoms with Gasteiger partial charge in [0.2, 0.25) is 5.82 Å². The molecule has 20 heavy (non-hydrogen) atoms. The second-order valence-electron chi connectivity index (χ2n) is 4.42. The molecule has 100 valence electrons. The zero-order valence-electron chi connectivity index (χ0n) is 10.6. The third kappa shape index (κ3) is 2.42. The summed E-state index contributed by atoms with van der Waals surface area (Å²) in [4.78, 5) is 4.22. The van der Waals surface area contributed by atoms with E-state index in [9.17, 15) is 4.39 Å². The van der Waals surface area contributed by atoms with Gasteiger partial charge < -0.3 is 4.52 Å². The quantitative estimate of drug-likeness (QED) is 0.696. The number of halogens is 2. The van der Waals surface area contributed by atoms with E-state index in [0.29, 0.717) is 10.8 Å². The molecule has 0 atom stereocenters. The molecule has 0 bridgehead atoms. The van der Waals surface area contributed by atoms with Crippen molar-refractivity contribution in [3.8, 4) is 22.8 Å². The van der Waals surface area contributed by atoms with Crippen LogP contribution in [0.3, 0.4) is 0 Å². The molecule has 0 unspecified atom stereocenters. The van der Waals surface area contributed by atoms with Crippen molar-refractivity contribution in [3.63, 3.8) is 0 Å². The maximum absolute atomic E-state index is 13.8. The van der Waals surface area contributed by atoms with Crippen LogP contribution < -0.4 is 0 Å². The van der Waals surface area contributed by atoms with E-state index in [2.05, 4.69) is 10.1 Å². The SMILES string of the molecule is Cc1cccc(-c2noc(-c3ccc(Cl)cc3F)n2)c1. The Morgan fingerprint density at radius 3 is 2.75 bits per heavy atom. The molecule has 1 aromatic heterocycles. The molecular formula is C15H10ClFN2O. The van der Waals surface area contributed by atoms with E-state index in [0.717, 1.165) is 11.1 Å². The molecule has 0 radical (unpaired) electrons. The first kappa shape index (κ1) is 12.8. The van der Waals surface area contributed by atoms with Gasteiger partial charge in [0.15, 0.2) is 0 Å². The minimum Gasteiger partial charge on any atom is -0.334 e. The van der Waals surface area contributed by atoms with Crippen LogP contribution in [0.25, 0.3) is 22.8 Å². The van der Waals surface area contributed by atoms with Crippen LogP contribution in [0.5, 0.6) is 0 Å². The van der Waals surface area contributed by atoms with Gasteiger partial charge in [-0.2, -0.15) is 4.98 Å². The van der Waals surface area contributed by atoms with Gasteiger partial charge >= 0.3 is 0 Å². The maximum atomic E-state index is 13.8. The molecule has 2 aromatic carbocycles. The summed E-state index contributed by atoms with van der Waals surface area (Å²) in [5.41, 5.74) is 2.15. The molecule has 0 saturated heterocycles.